The average molecular weight is 263 g/mol. The normalized spacial score (nSPS) is 15.2. The highest BCUT2D eigenvalue weighted by Gasteiger charge is 2.16. The number of carbonyl (C=O) groups excluding carboxylic acids is 1. The molecule has 1 aromatic carbocycles. The van der Waals surface area contributed by atoms with Gasteiger partial charge in [0.25, 0.3) is 0 Å². The first-order valence-corrected chi connectivity index (χ1v) is 6.77. The zero-order chi connectivity index (χ0) is 13.5. The van der Waals surface area contributed by atoms with Crippen molar-refractivity contribution in [3.63, 3.8) is 0 Å². The van der Waals surface area contributed by atoms with Crippen molar-refractivity contribution in [1.82, 2.24) is 10.6 Å². The van der Waals surface area contributed by atoms with Gasteiger partial charge in [-0.2, -0.15) is 0 Å². The van der Waals surface area contributed by atoms with Gasteiger partial charge < -0.3 is 21.1 Å². The molecule has 0 unspecified atom stereocenters. The second kappa shape index (κ2) is 6.87. The molecule has 5 heteroatoms. The molecular formula is C14H21N3O2. The van der Waals surface area contributed by atoms with Crippen molar-refractivity contribution in [2.45, 2.75) is 31.7 Å². The summed E-state index contributed by atoms with van der Waals surface area (Å²) in [5, 5.41) is 5.75. The van der Waals surface area contributed by atoms with E-state index in [1.165, 1.54) is 12.8 Å². The number of hydrogen-bond donors (Lipinski definition) is 3. The van der Waals surface area contributed by atoms with E-state index in [-0.39, 0.29) is 6.03 Å². The molecule has 0 heterocycles. The van der Waals surface area contributed by atoms with E-state index in [0.717, 1.165) is 18.6 Å². The predicted molar refractivity (Wildman–Crippen MR) is 75.1 cm³/mol. The molecule has 2 rings (SSSR count). The van der Waals surface area contributed by atoms with Crippen LogP contribution in [0.5, 0.6) is 5.75 Å². The summed E-state index contributed by atoms with van der Waals surface area (Å²) in [5.74, 6) is 0.757. The number of nitrogens with one attached hydrogen (secondary N) is 2. The summed E-state index contributed by atoms with van der Waals surface area (Å²) in [7, 11) is 0. The van der Waals surface area contributed by atoms with E-state index in [1.807, 2.05) is 12.1 Å². The Bertz CT molecular complexity index is 400. The Hall–Kier alpha value is -1.91. The lowest BCUT2D eigenvalue weighted by Crippen LogP contribution is -2.42. The third kappa shape index (κ3) is 4.69. The van der Waals surface area contributed by atoms with Crippen LogP contribution >= 0.6 is 0 Å². The summed E-state index contributed by atoms with van der Waals surface area (Å²) >= 11 is 0. The van der Waals surface area contributed by atoms with Crippen molar-refractivity contribution in [2.24, 2.45) is 0 Å². The highest BCUT2D eigenvalue weighted by molar-refractivity contribution is 5.74. The molecule has 1 aliphatic carbocycles. The van der Waals surface area contributed by atoms with Gasteiger partial charge in [0.1, 0.15) is 12.4 Å². The smallest absolute Gasteiger partial charge is 0.315 e. The Kier molecular flexibility index (Phi) is 4.89. The molecule has 0 atom stereocenters. The van der Waals surface area contributed by atoms with E-state index in [0.29, 0.717) is 24.9 Å². The fourth-order valence-corrected chi connectivity index (χ4v) is 2.20. The van der Waals surface area contributed by atoms with Crippen LogP contribution in [-0.4, -0.2) is 25.2 Å². The maximum atomic E-state index is 11.6. The van der Waals surface area contributed by atoms with E-state index in [9.17, 15) is 4.79 Å². The molecule has 0 spiro atoms. The molecule has 1 fully saturated rings. The lowest BCUT2D eigenvalue weighted by atomic mass is 10.2. The maximum absolute atomic E-state index is 11.6. The molecule has 5 nitrogen and oxygen atoms in total. The summed E-state index contributed by atoms with van der Waals surface area (Å²) < 4.78 is 5.48. The van der Waals surface area contributed by atoms with Crippen LogP contribution in [0.15, 0.2) is 24.3 Å². The van der Waals surface area contributed by atoms with Gasteiger partial charge >= 0.3 is 6.03 Å². The van der Waals surface area contributed by atoms with Gasteiger partial charge in [-0.15, -0.1) is 0 Å². The molecule has 2 amide bonds. The fraction of sp³-hybridized carbons (Fsp3) is 0.500. The minimum Gasteiger partial charge on any atom is -0.492 e. The van der Waals surface area contributed by atoms with Crippen molar-refractivity contribution in [3.8, 4) is 5.75 Å². The van der Waals surface area contributed by atoms with Crippen molar-refractivity contribution in [3.05, 3.63) is 24.3 Å². The molecule has 0 aliphatic heterocycles. The molecule has 19 heavy (non-hydrogen) atoms. The lowest BCUT2D eigenvalue weighted by Gasteiger charge is -2.13. The third-order valence-electron chi connectivity index (χ3n) is 3.23. The van der Waals surface area contributed by atoms with E-state index < -0.39 is 0 Å². The van der Waals surface area contributed by atoms with E-state index >= 15 is 0 Å². The van der Waals surface area contributed by atoms with Gasteiger partial charge in [0.05, 0.1) is 6.54 Å². The number of urea groups is 1. The Morgan fingerprint density at radius 2 is 1.95 bits per heavy atom. The van der Waals surface area contributed by atoms with Crippen LogP contribution < -0.4 is 21.1 Å². The van der Waals surface area contributed by atoms with Crippen LogP contribution in [0.25, 0.3) is 0 Å². The topological polar surface area (TPSA) is 76.4 Å². The largest absolute Gasteiger partial charge is 0.492 e. The molecule has 1 saturated carbocycles. The number of amides is 2. The number of hydrogen-bond acceptors (Lipinski definition) is 3. The van der Waals surface area contributed by atoms with Crippen LogP contribution in [0.4, 0.5) is 10.5 Å². The second-order valence-electron chi connectivity index (χ2n) is 4.80. The number of nitrogens with two attached hydrogens (primary N) is 1. The van der Waals surface area contributed by atoms with Crippen molar-refractivity contribution >= 4 is 11.7 Å². The minimum atomic E-state index is -0.104. The Morgan fingerprint density at radius 3 is 2.63 bits per heavy atom. The molecule has 1 aromatic rings. The molecule has 0 bridgehead atoms. The van der Waals surface area contributed by atoms with Gasteiger partial charge in [0, 0.05) is 11.7 Å². The predicted octanol–water partition coefficient (Wildman–Crippen LogP) is 1.89. The fourth-order valence-electron chi connectivity index (χ4n) is 2.20. The summed E-state index contributed by atoms with van der Waals surface area (Å²) in [6, 6.07) is 7.44. The van der Waals surface area contributed by atoms with E-state index in [2.05, 4.69) is 10.6 Å². The van der Waals surface area contributed by atoms with Gasteiger partial charge in [0.15, 0.2) is 0 Å². The maximum Gasteiger partial charge on any atom is 0.315 e. The van der Waals surface area contributed by atoms with Crippen LogP contribution in [-0.2, 0) is 0 Å². The summed E-state index contributed by atoms with van der Waals surface area (Å²) in [6.07, 6.45) is 4.61. The first-order valence-electron chi connectivity index (χ1n) is 6.77. The van der Waals surface area contributed by atoms with Gasteiger partial charge in [-0.3, -0.25) is 0 Å². The number of anilines is 1. The summed E-state index contributed by atoms with van der Waals surface area (Å²) in [5.41, 5.74) is 6.29. The summed E-state index contributed by atoms with van der Waals surface area (Å²) in [6.45, 7) is 0.935. The highest BCUT2D eigenvalue weighted by atomic mass is 16.5. The average Bonchev–Trinajstić information content (AvgIpc) is 2.89. The Morgan fingerprint density at radius 1 is 1.26 bits per heavy atom. The van der Waals surface area contributed by atoms with Crippen LogP contribution in [0, 0.1) is 0 Å². The molecule has 0 aromatic heterocycles. The summed E-state index contributed by atoms with van der Waals surface area (Å²) in [4.78, 5) is 11.6. The number of rotatable bonds is 5. The van der Waals surface area contributed by atoms with E-state index in [1.54, 1.807) is 12.1 Å². The molecule has 104 valence electrons. The highest BCUT2D eigenvalue weighted by Crippen LogP contribution is 2.17. The molecule has 0 saturated heterocycles. The van der Waals surface area contributed by atoms with Gasteiger partial charge in [0.2, 0.25) is 0 Å². The molecule has 1 aliphatic rings. The minimum absolute atomic E-state index is 0.104. The third-order valence-corrected chi connectivity index (χ3v) is 3.23. The number of ether oxygens (including phenoxy) is 1. The Balaban J connectivity index is 1.58. The number of benzene rings is 1. The standard InChI is InChI=1S/C14H21N3O2/c15-11-5-7-13(8-6-11)19-10-9-16-14(18)17-12-3-1-2-4-12/h5-8,12H,1-4,9-10,15H2,(H2,16,17,18). The molecule has 0 radical (unpaired) electrons. The second-order valence-corrected chi connectivity index (χ2v) is 4.80. The molecule has 4 N–H and O–H groups in total. The van der Waals surface area contributed by atoms with Gasteiger partial charge in [-0.1, -0.05) is 12.8 Å². The quantitative estimate of drug-likeness (QED) is 0.561. The van der Waals surface area contributed by atoms with Crippen molar-refractivity contribution in [2.75, 3.05) is 18.9 Å². The van der Waals surface area contributed by atoms with Gasteiger partial charge in [-0.05, 0) is 37.1 Å². The van der Waals surface area contributed by atoms with Crippen molar-refractivity contribution in [1.29, 1.82) is 0 Å². The zero-order valence-electron chi connectivity index (χ0n) is 11.0. The van der Waals surface area contributed by atoms with Crippen LogP contribution in [0.2, 0.25) is 0 Å². The van der Waals surface area contributed by atoms with Crippen LogP contribution in [0.1, 0.15) is 25.7 Å². The van der Waals surface area contributed by atoms with Gasteiger partial charge in [-0.25, -0.2) is 4.79 Å². The SMILES string of the molecule is Nc1ccc(OCCNC(=O)NC2CCCC2)cc1. The monoisotopic (exact) mass is 263 g/mol. The number of nitrogen functional groups attached to an aromatic ring is 1. The first kappa shape index (κ1) is 13.5. The molecular weight excluding hydrogens is 242 g/mol. The van der Waals surface area contributed by atoms with Crippen LogP contribution in [0.3, 0.4) is 0 Å². The lowest BCUT2D eigenvalue weighted by molar-refractivity contribution is 0.233. The number of carbonyl (C=O) groups is 1. The Labute approximate surface area is 113 Å². The first-order chi connectivity index (χ1) is 9.24. The zero-order valence-corrected chi connectivity index (χ0v) is 11.0. The van der Waals surface area contributed by atoms with Crippen molar-refractivity contribution < 1.29 is 9.53 Å². The van der Waals surface area contributed by atoms with E-state index in [4.69, 9.17) is 10.5 Å².